The van der Waals surface area contributed by atoms with Crippen molar-refractivity contribution in [3.05, 3.63) is 94.5 Å². The van der Waals surface area contributed by atoms with Gasteiger partial charge in [0.05, 0.1) is 13.2 Å². The van der Waals surface area contributed by atoms with Crippen LogP contribution in [0.5, 0.6) is 11.5 Å². The van der Waals surface area contributed by atoms with Crippen LogP contribution in [0.2, 0.25) is 5.02 Å². The maximum absolute atomic E-state index is 10.2. The van der Waals surface area contributed by atoms with Gasteiger partial charge in [-0.25, -0.2) is 0 Å². The molecule has 4 nitrogen and oxygen atoms in total. The lowest BCUT2D eigenvalue weighted by Gasteiger charge is -2.14. The number of rotatable bonds is 9. The molecule has 154 valence electrons. The first-order valence-corrected chi connectivity index (χ1v) is 9.51. The molecule has 0 aliphatic heterocycles. The summed E-state index contributed by atoms with van der Waals surface area (Å²) in [4.78, 5) is 0. The molecule has 0 saturated carbocycles. The fourth-order valence-corrected chi connectivity index (χ4v) is 3.09. The van der Waals surface area contributed by atoms with Crippen LogP contribution in [0.4, 0.5) is 0 Å². The van der Waals surface area contributed by atoms with Gasteiger partial charge >= 0.3 is 0 Å². The smallest absolute Gasteiger partial charge is 0.161 e. The summed E-state index contributed by atoms with van der Waals surface area (Å²) in [6, 6.07) is 23.0. The number of ether oxygens (including phenoxy) is 2. The monoisotopic (exact) mass is 433 g/mol. The van der Waals surface area contributed by atoms with E-state index in [1.165, 1.54) is 0 Å². The van der Waals surface area contributed by atoms with Gasteiger partial charge in [-0.1, -0.05) is 60.1 Å². The second kappa shape index (κ2) is 11.7. The third kappa shape index (κ3) is 6.94. The number of benzene rings is 3. The highest BCUT2D eigenvalue weighted by Gasteiger charge is 2.09. The van der Waals surface area contributed by atoms with Crippen LogP contribution in [0, 0.1) is 0 Å². The molecule has 0 aromatic heterocycles. The molecule has 0 aliphatic rings. The molecule has 0 bridgehead atoms. The van der Waals surface area contributed by atoms with Crippen molar-refractivity contribution in [1.29, 1.82) is 0 Å². The van der Waals surface area contributed by atoms with Crippen LogP contribution in [-0.4, -0.2) is 18.8 Å². The Morgan fingerprint density at radius 3 is 2.45 bits per heavy atom. The largest absolute Gasteiger partial charge is 0.493 e. The predicted octanol–water partition coefficient (Wildman–Crippen LogP) is 5.17. The summed E-state index contributed by atoms with van der Waals surface area (Å²) in [6.07, 6.45) is -0.539. The van der Waals surface area contributed by atoms with Gasteiger partial charge in [0.2, 0.25) is 0 Å². The average Bonchev–Trinajstić information content (AvgIpc) is 2.73. The number of methoxy groups -OCH3 is 1. The Kier molecular flexibility index (Phi) is 9.29. The Morgan fingerprint density at radius 2 is 1.72 bits per heavy atom. The van der Waals surface area contributed by atoms with E-state index < -0.39 is 6.10 Å². The van der Waals surface area contributed by atoms with E-state index in [-0.39, 0.29) is 12.4 Å². The SMILES string of the molecule is COc1cc(CNCC(O)c2ccccc2)ccc1OCc1cccc(Cl)c1.Cl. The molecule has 0 saturated heterocycles. The van der Waals surface area contributed by atoms with Crippen LogP contribution in [0.1, 0.15) is 22.8 Å². The summed E-state index contributed by atoms with van der Waals surface area (Å²) in [5.41, 5.74) is 2.94. The lowest BCUT2D eigenvalue weighted by atomic mass is 10.1. The van der Waals surface area contributed by atoms with Gasteiger partial charge in [0, 0.05) is 18.1 Å². The normalized spacial score (nSPS) is 11.4. The molecular formula is C23H25Cl2NO3. The molecule has 1 atom stereocenters. The second-order valence-electron chi connectivity index (χ2n) is 6.46. The van der Waals surface area contributed by atoms with Crippen molar-refractivity contribution in [3.63, 3.8) is 0 Å². The van der Waals surface area contributed by atoms with Crippen LogP contribution in [0.25, 0.3) is 0 Å². The van der Waals surface area contributed by atoms with Crippen LogP contribution >= 0.6 is 24.0 Å². The molecular weight excluding hydrogens is 409 g/mol. The van der Waals surface area contributed by atoms with Crippen LogP contribution in [0.3, 0.4) is 0 Å². The number of hydrogen-bond acceptors (Lipinski definition) is 4. The van der Waals surface area contributed by atoms with Gasteiger partial charge in [0.15, 0.2) is 11.5 Å². The van der Waals surface area contributed by atoms with Crippen molar-refractivity contribution in [2.75, 3.05) is 13.7 Å². The minimum Gasteiger partial charge on any atom is -0.493 e. The van der Waals surface area contributed by atoms with Gasteiger partial charge in [0.25, 0.3) is 0 Å². The Hall–Kier alpha value is -2.24. The van der Waals surface area contributed by atoms with E-state index in [0.717, 1.165) is 16.7 Å². The van der Waals surface area contributed by atoms with E-state index >= 15 is 0 Å². The van der Waals surface area contributed by atoms with Gasteiger partial charge in [-0.3, -0.25) is 0 Å². The maximum atomic E-state index is 10.2. The van der Waals surface area contributed by atoms with Crippen molar-refractivity contribution in [2.45, 2.75) is 19.3 Å². The first-order valence-electron chi connectivity index (χ1n) is 9.13. The first kappa shape index (κ1) is 23.0. The van der Waals surface area contributed by atoms with Crippen LogP contribution < -0.4 is 14.8 Å². The van der Waals surface area contributed by atoms with Gasteiger partial charge in [-0.2, -0.15) is 0 Å². The summed E-state index contributed by atoms with van der Waals surface area (Å²) in [6.45, 7) is 1.51. The molecule has 0 aliphatic carbocycles. The van der Waals surface area contributed by atoms with E-state index in [9.17, 15) is 5.11 Å². The van der Waals surface area contributed by atoms with E-state index in [1.807, 2.05) is 72.8 Å². The summed E-state index contributed by atoms with van der Waals surface area (Å²) < 4.78 is 11.3. The predicted molar refractivity (Wildman–Crippen MR) is 119 cm³/mol. The highest BCUT2D eigenvalue weighted by atomic mass is 35.5. The van der Waals surface area contributed by atoms with Crippen molar-refractivity contribution < 1.29 is 14.6 Å². The zero-order valence-corrected chi connectivity index (χ0v) is 17.7. The molecule has 0 fully saturated rings. The highest BCUT2D eigenvalue weighted by Crippen LogP contribution is 2.29. The summed E-state index contributed by atoms with van der Waals surface area (Å²) in [7, 11) is 1.62. The number of halogens is 2. The van der Waals surface area contributed by atoms with Gasteiger partial charge in [-0.05, 0) is 41.0 Å². The van der Waals surface area contributed by atoms with E-state index in [4.69, 9.17) is 21.1 Å². The molecule has 3 aromatic carbocycles. The standard InChI is InChI=1S/C23H24ClNO3.ClH/c1-27-23-13-17(14-25-15-21(26)19-7-3-2-4-8-19)10-11-22(23)28-16-18-6-5-9-20(24)12-18;/h2-13,21,25-26H,14-16H2,1H3;1H. The van der Waals surface area contributed by atoms with Gasteiger partial charge in [-0.15, -0.1) is 12.4 Å². The van der Waals surface area contributed by atoms with Crippen molar-refractivity contribution >= 4 is 24.0 Å². The number of aliphatic hydroxyl groups excluding tert-OH is 1. The molecule has 3 rings (SSSR count). The van der Waals surface area contributed by atoms with Crippen LogP contribution in [-0.2, 0) is 13.2 Å². The minimum absolute atomic E-state index is 0. The number of nitrogens with one attached hydrogen (secondary N) is 1. The minimum atomic E-state index is -0.539. The molecule has 2 N–H and O–H groups in total. The molecule has 3 aromatic rings. The van der Waals surface area contributed by atoms with E-state index in [2.05, 4.69) is 5.32 Å². The highest BCUT2D eigenvalue weighted by molar-refractivity contribution is 6.30. The molecule has 1 unspecified atom stereocenters. The van der Waals surface area contributed by atoms with Crippen molar-refractivity contribution in [3.8, 4) is 11.5 Å². The average molecular weight is 434 g/mol. The second-order valence-corrected chi connectivity index (χ2v) is 6.90. The molecule has 0 radical (unpaired) electrons. The molecule has 0 heterocycles. The Labute approximate surface area is 182 Å². The van der Waals surface area contributed by atoms with Gasteiger partial charge in [0.1, 0.15) is 6.61 Å². The number of aliphatic hydroxyl groups is 1. The third-order valence-corrected chi connectivity index (χ3v) is 4.60. The quantitative estimate of drug-likeness (QED) is 0.488. The summed E-state index contributed by atoms with van der Waals surface area (Å²) in [5.74, 6) is 1.35. The third-order valence-electron chi connectivity index (χ3n) is 4.36. The molecule has 0 spiro atoms. The van der Waals surface area contributed by atoms with E-state index in [0.29, 0.717) is 36.2 Å². The topological polar surface area (TPSA) is 50.7 Å². The van der Waals surface area contributed by atoms with E-state index in [1.54, 1.807) is 7.11 Å². The molecule has 0 amide bonds. The lowest BCUT2D eigenvalue weighted by molar-refractivity contribution is 0.174. The Bertz CT molecular complexity index is 890. The Morgan fingerprint density at radius 1 is 0.931 bits per heavy atom. The lowest BCUT2D eigenvalue weighted by Crippen LogP contribution is -2.21. The zero-order chi connectivity index (χ0) is 19.8. The summed E-state index contributed by atoms with van der Waals surface area (Å²) >= 11 is 6.01. The Balaban J connectivity index is 0.00000300. The fraction of sp³-hybridized carbons (Fsp3) is 0.217. The fourth-order valence-electron chi connectivity index (χ4n) is 2.88. The number of hydrogen-bond donors (Lipinski definition) is 2. The van der Waals surface area contributed by atoms with Crippen molar-refractivity contribution in [2.24, 2.45) is 0 Å². The first-order chi connectivity index (χ1) is 13.7. The molecule has 6 heteroatoms. The van der Waals surface area contributed by atoms with Crippen molar-refractivity contribution in [1.82, 2.24) is 5.32 Å². The summed E-state index contributed by atoms with van der Waals surface area (Å²) in [5, 5.41) is 14.2. The zero-order valence-electron chi connectivity index (χ0n) is 16.2. The van der Waals surface area contributed by atoms with Crippen LogP contribution in [0.15, 0.2) is 72.8 Å². The van der Waals surface area contributed by atoms with Gasteiger partial charge < -0.3 is 19.9 Å². The maximum Gasteiger partial charge on any atom is 0.161 e. The molecule has 29 heavy (non-hydrogen) atoms.